The number of aliphatic imine (C=N–C) groups is 1. The lowest BCUT2D eigenvalue weighted by atomic mass is 9.93. The van der Waals surface area contributed by atoms with Crippen molar-refractivity contribution in [1.29, 1.82) is 0 Å². The number of nitrogens with one attached hydrogen (secondary N) is 1. The Kier molecular flexibility index (Phi) is 6.07. The van der Waals surface area contributed by atoms with E-state index in [0.29, 0.717) is 6.61 Å². The van der Waals surface area contributed by atoms with Crippen molar-refractivity contribution in [3.8, 4) is 0 Å². The molecule has 0 aromatic carbocycles. The molecule has 6 heteroatoms. The number of hydrogen-bond donors (Lipinski definition) is 3. The van der Waals surface area contributed by atoms with E-state index < -0.39 is 18.1 Å². The van der Waals surface area contributed by atoms with Crippen LogP contribution in [0.5, 0.6) is 0 Å². The minimum atomic E-state index is -1.03. The number of nitrogens with zero attached hydrogens (tertiary/aromatic N) is 1. The third-order valence-corrected chi connectivity index (χ3v) is 3.20. The number of aliphatic hydroxyl groups is 1. The zero-order chi connectivity index (χ0) is 13.5. The Morgan fingerprint density at radius 3 is 2.83 bits per heavy atom. The van der Waals surface area contributed by atoms with E-state index in [9.17, 15) is 9.90 Å². The van der Waals surface area contributed by atoms with E-state index in [4.69, 9.17) is 9.84 Å². The monoisotopic (exact) mass is 258 g/mol. The number of carbonyl (C=O) groups is 1. The van der Waals surface area contributed by atoms with E-state index in [2.05, 4.69) is 10.3 Å². The van der Waals surface area contributed by atoms with Crippen LogP contribution < -0.4 is 5.32 Å². The predicted molar refractivity (Wildman–Crippen MR) is 67.8 cm³/mol. The number of carboxylic acids is 1. The quantitative estimate of drug-likeness (QED) is 0.580. The molecule has 1 heterocycles. The highest BCUT2D eigenvalue weighted by molar-refractivity contribution is 5.77. The first-order valence-corrected chi connectivity index (χ1v) is 6.30. The van der Waals surface area contributed by atoms with Crippen LogP contribution in [0.3, 0.4) is 0 Å². The molecule has 0 aromatic rings. The van der Waals surface area contributed by atoms with Gasteiger partial charge >= 0.3 is 5.97 Å². The Bertz CT molecular complexity index is 306. The first-order chi connectivity index (χ1) is 8.56. The molecule has 0 fully saturated rings. The lowest BCUT2D eigenvalue weighted by Gasteiger charge is -2.24. The van der Waals surface area contributed by atoms with Crippen molar-refractivity contribution in [2.45, 2.75) is 38.3 Å². The number of aliphatic hydroxyl groups excluding tert-OH is 1. The van der Waals surface area contributed by atoms with Crippen molar-refractivity contribution in [3.05, 3.63) is 0 Å². The molecule has 0 spiro atoms. The molecule has 0 aliphatic carbocycles. The summed E-state index contributed by atoms with van der Waals surface area (Å²) in [6, 6.07) is -0.917. The minimum absolute atomic E-state index is 0.0828. The summed E-state index contributed by atoms with van der Waals surface area (Å²) in [7, 11) is 1.54. The first kappa shape index (κ1) is 14.9. The van der Waals surface area contributed by atoms with Crippen LogP contribution in [0.25, 0.3) is 0 Å². The Morgan fingerprint density at radius 1 is 1.61 bits per heavy atom. The number of ether oxygens (including phenoxy) is 1. The van der Waals surface area contributed by atoms with Crippen molar-refractivity contribution < 1.29 is 19.7 Å². The van der Waals surface area contributed by atoms with E-state index >= 15 is 0 Å². The van der Waals surface area contributed by atoms with Crippen molar-refractivity contribution in [3.63, 3.8) is 0 Å². The summed E-state index contributed by atoms with van der Waals surface area (Å²) >= 11 is 0. The van der Waals surface area contributed by atoms with Gasteiger partial charge in [0.05, 0.1) is 12.6 Å². The first-order valence-electron chi connectivity index (χ1n) is 6.30. The molecule has 3 N–H and O–H groups in total. The van der Waals surface area contributed by atoms with Crippen LogP contribution in [-0.2, 0) is 9.53 Å². The zero-order valence-corrected chi connectivity index (χ0v) is 10.9. The largest absolute Gasteiger partial charge is 0.480 e. The molecule has 1 aliphatic rings. The molecular weight excluding hydrogens is 236 g/mol. The maximum Gasteiger partial charge on any atom is 0.323 e. The maximum atomic E-state index is 10.9. The molecule has 0 aromatic heterocycles. The molecule has 0 unspecified atom stereocenters. The standard InChI is InChI=1S/C12H22N2O4/c1-8(11(15)10(13-2)12(16)17)4-3-5-9-14-6-7-18-9/h8,10-11,13,15H,3-7H2,1-2H3,(H,16,17)/t8-,10+,11-/m1/s1. The Hall–Kier alpha value is -1.14. The second-order valence-corrected chi connectivity index (χ2v) is 4.59. The second kappa shape index (κ2) is 7.33. The Labute approximate surface area is 107 Å². The highest BCUT2D eigenvalue weighted by Gasteiger charge is 2.28. The van der Waals surface area contributed by atoms with Crippen molar-refractivity contribution in [2.24, 2.45) is 10.9 Å². The van der Waals surface area contributed by atoms with Crippen LogP contribution in [0.2, 0.25) is 0 Å². The highest BCUT2D eigenvalue weighted by Crippen LogP contribution is 2.16. The lowest BCUT2D eigenvalue weighted by Crippen LogP contribution is -2.47. The molecule has 1 rings (SSSR count). The summed E-state index contributed by atoms with van der Waals surface area (Å²) in [6.45, 7) is 3.25. The number of carboxylic acid groups (broad SMARTS) is 1. The lowest BCUT2D eigenvalue weighted by molar-refractivity contribution is -0.143. The van der Waals surface area contributed by atoms with E-state index in [1.54, 1.807) is 0 Å². The van der Waals surface area contributed by atoms with Gasteiger partial charge in [-0.15, -0.1) is 0 Å². The van der Waals surface area contributed by atoms with Gasteiger partial charge in [0.15, 0.2) is 5.90 Å². The average molecular weight is 258 g/mol. The van der Waals surface area contributed by atoms with Gasteiger partial charge in [-0.3, -0.25) is 9.79 Å². The molecule has 0 bridgehead atoms. The van der Waals surface area contributed by atoms with Crippen LogP contribution in [0.15, 0.2) is 4.99 Å². The second-order valence-electron chi connectivity index (χ2n) is 4.59. The van der Waals surface area contributed by atoms with Crippen LogP contribution in [0, 0.1) is 5.92 Å². The molecule has 0 saturated heterocycles. The van der Waals surface area contributed by atoms with E-state index in [1.165, 1.54) is 7.05 Å². The predicted octanol–water partition coefficient (Wildman–Crippen LogP) is 0.255. The minimum Gasteiger partial charge on any atom is -0.480 e. The van der Waals surface area contributed by atoms with Gasteiger partial charge in [0, 0.05) is 6.42 Å². The van der Waals surface area contributed by atoms with E-state index in [0.717, 1.165) is 31.7 Å². The number of likely N-dealkylation sites (N-methyl/N-ethyl adjacent to an activating group) is 1. The Balaban J connectivity index is 2.30. The molecule has 1 aliphatic heterocycles. The summed E-state index contributed by atoms with van der Waals surface area (Å²) < 4.78 is 5.28. The number of rotatable bonds is 8. The third-order valence-electron chi connectivity index (χ3n) is 3.20. The van der Waals surface area contributed by atoms with Gasteiger partial charge in [0.25, 0.3) is 0 Å². The third kappa shape index (κ3) is 4.27. The number of hydrogen-bond acceptors (Lipinski definition) is 5. The van der Waals surface area contributed by atoms with Gasteiger partial charge in [-0.2, -0.15) is 0 Å². The molecule has 104 valence electrons. The SMILES string of the molecule is CN[C@H](C(=O)O)[C@H](O)[C@H](C)CCCC1=NCCO1. The molecule has 0 radical (unpaired) electrons. The summed E-state index contributed by atoms with van der Waals surface area (Å²) in [4.78, 5) is 15.1. The van der Waals surface area contributed by atoms with Gasteiger partial charge in [-0.25, -0.2) is 0 Å². The molecular formula is C12H22N2O4. The normalized spacial score (nSPS) is 19.8. The fourth-order valence-corrected chi connectivity index (χ4v) is 2.05. The molecule has 18 heavy (non-hydrogen) atoms. The summed E-state index contributed by atoms with van der Waals surface area (Å²) in [5.74, 6) is -0.332. The fraction of sp³-hybridized carbons (Fsp3) is 0.833. The zero-order valence-electron chi connectivity index (χ0n) is 10.9. The van der Waals surface area contributed by atoms with Crippen molar-refractivity contribution in [1.82, 2.24) is 5.32 Å². The maximum absolute atomic E-state index is 10.9. The molecule has 3 atom stereocenters. The molecule has 6 nitrogen and oxygen atoms in total. The van der Waals surface area contributed by atoms with Crippen molar-refractivity contribution in [2.75, 3.05) is 20.2 Å². The average Bonchev–Trinajstić information content (AvgIpc) is 2.82. The van der Waals surface area contributed by atoms with Crippen LogP contribution >= 0.6 is 0 Å². The van der Waals surface area contributed by atoms with Crippen LogP contribution in [0.1, 0.15) is 26.2 Å². The van der Waals surface area contributed by atoms with Crippen molar-refractivity contribution >= 4 is 11.9 Å². The van der Waals surface area contributed by atoms with Crippen LogP contribution in [-0.4, -0.2) is 54.4 Å². The summed E-state index contributed by atoms with van der Waals surface area (Å²) in [5.41, 5.74) is 0. The Morgan fingerprint density at radius 2 is 2.33 bits per heavy atom. The van der Waals surface area contributed by atoms with Gasteiger partial charge < -0.3 is 20.3 Å². The topological polar surface area (TPSA) is 91.2 Å². The number of aliphatic carboxylic acids is 1. The molecule has 0 amide bonds. The van der Waals surface area contributed by atoms with Gasteiger partial charge in [-0.1, -0.05) is 6.92 Å². The van der Waals surface area contributed by atoms with Gasteiger partial charge in [-0.05, 0) is 25.8 Å². The van der Waals surface area contributed by atoms with E-state index in [1.807, 2.05) is 6.92 Å². The summed E-state index contributed by atoms with van der Waals surface area (Å²) in [5, 5.41) is 21.5. The van der Waals surface area contributed by atoms with E-state index in [-0.39, 0.29) is 5.92 Å². The highest BCUT2D eigenvalue weighted by atomic mass is 16.5. The van der Waals surface area contributed by atoms with Gasteiger partial charge in [0.1, 0.15) is 12.6 Å². The molecule has 0 saturated carbocycles. The van der Waals surface area contributed by atoms with Crippen LogP contribution in [0.4, 0.5) is 0 Å². The van der Waals surface area contributed by atoms with Gasteiger partial charge in [0.2, 0.25) is 0 Å². The smallest absolute Gasteiger partial charge is 0.323 e. The fourth-order valence-electron chi connectivity index (χ4n) is 2.05. The summed E-state index contributed by atoms with van der Waals surface area (Å²) in [6.07, 6.45) is 1.45.